The maximum absolute atomic E-state index is 12.7. The highest BCUT2D eigenvalue weighted by atomic mass is 32.2. The third kappa shape index (κ3) is 3.49. The normalized spacial score (nSPS) is 26.5. The minimum absolute atomic E-state index is 0.0193. The van der Waals surface area contributed by atoms with Gasteiger partial charge in [0.1, 0.15) is 10.6 Å². The molecule has 134 valence electrons. The molecule has 2 aliphatic rings. The fourth-order valence-electron chi connectivity index (χ4n) is 2.92. The van der Waals surface area contributed by atoms with Crippen molar-refractivity contribution >= 4 is 27.7 Å². The molecular weight excluding hydrogens is 350 g/mol. The monoisotopic (exact) mass is 373 g/mol. The van der Waals surface area contributed by atoms with Crippen molar-refractivity contribution in [2.45, 2.75) is 30.9 Å². The summed E-state index contributed by atoms with van der Waals surface area (Å²) in [7, 11) is -3.54. The number of ether oxygens (including phenoxy) is 1. The highest BCUT2D eigenvalue weighted by Crippen LogP contribution is 2.22. The van der Waals surface area contributed by atoms with Crippen LogP contribution in [0.5, 0.6) is 0 Å². The van der Waals surface area contributed by atoms with E-state index in [0.29, 0.717) is 31.9 Å². The Bertz CT molecular complexity index is 697. The number of aromatic amines is 1. The van der Waals surface area contributed by atoms with Gasteiger partial charge in [0.15, 0.2) is 0 Å². The van der Waals surface area contributed by atoms with Gasteiger partial charge in [-0.3, -0.25) is 4.79 Å². The van der Waals surface area contributed by atoms with E-state index in [1.165, 1.54) is 16.6 Å². The predicted molar refractivity (Wildman–Crippen MR) is 92.8 cm³/mol. The summed E-state index contributed by atoms with van der Waals surface area (Å²) in [4.78, 5) is 17.4. The SMILES string of the molecule is CC1CN(C(=O)c2cc(S(=O)(=O)N3CCSCC3)c[nH]2)C(C)CO1. The summed E-state index contributed by atoms with van der Waals surface area (Å²) in [6.07, 6.45) is 1.40. The fourth-order valence-corrected chi connectivity index (χ4v) is 5.49. The number of carbonyl (C=O) groups excluding carboxylic acids is 1. The van der Waals surface area contributed by atoms with E-state index in [-0.39, 0.29) is 22.9 Å². The number of morpholine rings is 1. The quantitative estimate of drug-likeness (QED) is 0.855. The fraction of sp³-hybridized carbons (Fsp3) is 0.667. The van der Waals surface area contributed by atoms with Gasteiger partial charge in [-0.1, -0.05) is 0 Å². The molecule has 2 fully saturated rings. The Balaban J connectivity index is 1.78. The van der Waals surface area contributed by atoms with E-state index in [9.17, 15) is 13.2 Å². The van der Waals surface area contributed by atoms with Crippen LogP contribution in [0.2, 0.25) is 0 Å². The van der Waals surface area contributed by atoms with E-state index in [2.05, 4.69) is 4.98 Å². The lowest BCUT2D eigenvalue weighted by atomic mass is 10.2. The van der Waals surface area contributed by atoms with Crippen LogP contribution in [-0.2, 0) is 14.8 Å². The average molecular weight is 374 g/mol. The number of hydrogen-bond donors (Lipinski definition) is 1. The van der Waals surface area contributed by atoms with Crippen molar-refractivity contribution in [3.8, 4) is 0 Å². The molecular formula is C15H23N3O4S2. The van der Waals surface area contributed by atoms with Gasteiger partial charge in [-0.05, 0) is 19.9 Å². The summed E-state index contributed by atoms with van der Waals surface area (Å²) < 4.78 is 32.4. The summed E-state index contributed by atoms with van der Waals surface area (Å²) in [6.45, 7) is 5.87. The lowest BCUT2D eigenvalue weighted by molar-refractivity contribution is -0.0388. The standard InChI is InChI=1S/C15H23N3O4S2/c1-11-10-22-12(2)9-18(11)15(19)14-7-13(8-16-14)24(20,21)17-3-5-23-6-4-17/h7-8,11-12,16H,3-6,9-10H2,1-2H3. The third-order valence-corrected chi connectivity index (χ3v) is 7.18. The van der Waals surface area contributed by atoms with Crippen LogP contribution >= 0.6 is 11.8 Å². The van der Waals surface area contributed by atoms with Gasteiger partial charge in [0, 0.05) is 37.3 Å². The molecule has 0 aliphatic carbocycles. The van der Waals surface area contributed by atoms with Gasteiger partial charge in [-0.25, -0.2) is 8.42 Å². The number of hydrogen-bond acceptors (Lipinski definition) is 5. The van der Waals surface area contributed by atoms with Gasteiger partial charge < -0.3 is 14.6 Å². The van der Waals surface area contributed by atoms with E-state index in [1.54, 1.807) is 16.7 Å². The highest BCUT2D eigenvalue weighted by molar-refractivity contribution is 7.99. The van der Waals surface area contributed by atoms with Crippen LogP contribution in [0.25, 0.3) is 0 Å². The van der Waals surface area contributed by atoms with Crippen LogP contribution in [0.1, 0.15) is 24.3 Å². The molecule has 1 aromatic rings. The molecule has 1 N–H and O–H groups in total. The third-order valence-electron chi connectivity index (χ3n) is 4.36. The van der Waals surface area contributed by atoms with E-state index in [0.717, 1.165) is 11.5 Å². The van der Waals surface area contributed by atoms with Crippen molar-refractivity contribution < 1.29 is 17.9 Å². The maximum Gasteiger partial charge on any atom is 0.270 e. The second kappa shape index (κ2) is 7.07. The zero-order chi connectivity index (χ0) is 17.3. The summed E-state index contributed by atoms with van der Waals surface area (Å²) >= 11 is 1.75. The van der Waals surface area contributed by atoms with Gasteiger partial charge >= 0.3 is 0 Å². The topological polar surface area (TPSA) is 82.7 Å². The van der Waals surface area contributed by atoms with Gasteiger partial charge in [0.2, 0.25) is 10.0 Å². The van der Waals surface area contributed by atoms with Crippen molar-refractivity contribution in [2.75, 3.05) is 37.7 Å². The lowest BCUT2D eigenvalue weighted by Gasteiger charge is -2.36. The first-order valence-electron chi connectivity index (χ1n) is 8.08. The molecule has 3 rings (SSSR count). The van der Waals surface area contributed by atoms with Crippen LogP contribution in [0.4, 0.5) is 0 Å². The molecule has 0 bridgehead atoms. The number of aromatic nitrogens is 1. The summed E-state index contributed by atoms with van der Waals surface area (Å²) in [5.41, 5.74) is 0.306. The molecule has 0 radical (unpaired) electrons. The number of nitrogens with one attached hydrogen (secondary N) is 1. The van der Waals surface area contributed by atoms with E-state index in [1.807, 2.05) is 13.8 Å². The van der Waals surface area contributed by atoms with Crippen molar-refractivity contribution in [1.29, 1.82) is 0 Å². The number of thioether (sulfide) groups is 1. The Hall–Kier alpha value is -1.03. The molecule has 2 saturated heterocycles. The summed E-state index contributed by atoms with van der Waals surface area (Å²) in [5, 5.41) is 0. The second-order valence-electron chi connectivity index (χ2n) is 6.22. The Morgan fingerprint density at radius 1 is 1.33 bits per heavy atom. The van der Waals surface area contributed by atoms with Gasteiger partial charge in [-0.2, -0.15) is 16.1 Å². The van der Waals surface area contributed by atoms with Crippen LogP contribution in [0, 0.1) is 0 Å². The van der Waals surface area contributed by atoms with Crippen LogP contribution in [0.3, 0.4) is 0 Å². The van der Waals surface area contributed by atoms with Crippen molar-refractivity contribution in [3.05, 3.63) is 18.0 Å². The molecule has 2 atom stereocenters. The zero-order valence-electron chi connectivity index (χ0n) is 13.9. The molecule has 0 saturated carbocycles. The molecule has 0 spiro atoms. The molecule has 24 heavy (non-hydrogen) atoms. The highest BCUT2D eigenvalue weighted by Gasteiger charge is 2.31. The first-order chi connectivity index (χ1) is 11.4. The van der Waals surface area contributed by atoms with Crippen molar-refractivity contribution in [3.63, 3.8) is 0 Å². The molecule has 2 aliphatic heterocycles. The predicted octanol–water partition coefficient (Wildman–Crippen LogP) is 1.00. The summed E-state index contributed by atoms with van der Waals surface area (Å²) in [6, 6.07) is 1.42. The number of amides is 1. The lowest BCUT2D eigenvalue weighted by Crippen LogP contribution is -2.50. The minimum Gasteiger partial charge on any atom is -0.375 e. The smallest absolute Gasteiger partial charge is 0.270 e. The molecule has 9 heteroatoms. The molecule has 1 amide bonds. The van der Waals surface area contributed by atoms with Gasteiger partial charge in [0.05, 0.1) is 18.8 Å². The number of carbonyl (C=O) groups is 1. The number of sulfonamides is 1. The maximum atomic E-state index is 12.7. The Kier molecular flexibility index (Phi) is 5.24. The minimum atomic E-state index is -3.54. The average Bonchev–Trinajstić information content (AvgIpc) is 3.08. The largest absolute Gasteiger partial charge is 0.375 e. The zero-order valence-corrected chi connectivity index (χ0v) is 15.5. The molecule has 3 heterocycles. The van der Waals surface area contributed by atoms with Crippen LogP contribution in [-0.4, -0.2) is 78.4 Å². The molecule has 2 unspecified atom stereocenters. The Morgan fingerprint density at radius 3 is 2.75 bits per heavy atom. The van der Waals surface area contributed by atoms with Crippen LogP contribution in [0.15, 0.2) is 17.2 Å². The van der Waals surface area contributed by atoms with Gasteiger partial charge in [-0.15, -0.1) is 0 Å². The molecule has 7 nitrogen and oxygen atoms in total. The second-order valence-corrected chi connectivity index (χ2v) is 9.38. The number of rotatable bonds is 3. The Labute approximate surface area is 146 Å². The Morgan fingerprint density at radius 2 is 2.04 bits per heavy atom. The van der Waals surface area contributed by atoms with E-state index in [4.69, 9.17) is 4.74 Å². The number of H-pyrrole nitrogens is 1. The van der Waals surface area contributed by atoms with Crippen LogP contribution < -0.4 is 0 Å². The number of nitrogens with zero attached hydrogens (tertiary/aromatic N) is 2. The van der Waals surface area contributed by atoms with E-state index >= 15 is 0 Å². The summed E-state index contributed by atoms with van der Waals surface area (Å²) in [5.74, 6) is 1.42. The first-order valence-corrected chi connectivity index (χ1v) is 10.7. The van der Waals surface area contributed by atoms with Crippen molar-refractivity contribution in [2.24, 2.45) is 0 Å². The molecule has 1 aromatic heterocycles. The van der Waals surface area contributed by atoms with E-state index < -0.39 is 10.0 Å². The first kappa shape index (κ1) is 17.8. The van der Waals surface area contributed by atoms with Gasteiger partial charge in [0.25, 0.3) is 5.91 Å². The van der Waals surface area contributed by atoms with Crippen molar-refractivity contribution in [1.82, 2.24) is 14.2 Å². The molecule has 0 aromatic carbocycles.